The van der Waals surface area contributed by atoms with Gasteiger partial charge in [0.2, 0.25) is 0 Å². The number of hydrazine groups is 2. The fourth-order valence-corrected chi connectivity index (χ4v) is 4.95. The molecule has 0 heterocycles. The lowest BCUT2D eigenvalue weighted by atomic mass is 9.93. The first-order chi connectivity index (χ1) is 19.5. The van der Waals surface area contributed by atoms with Gasteiger partial charge in [-0.15, -0.1) is 0 Å². The molecule has 0 aromatic heterocycles. The maximum Gasteiger partial charge on any atom is 0.273 e. The molecule has 0 atom stereocenters. The SMILES string of the molecule is NN(C(=O)c1ccc(-c2ccc3cc4ccccc4c(C(=O)N(N)c4ccccc4)c3c2)cc1)c1ccccc1. The fourth-order valence-electron chi connectivity index (χ4n) is 4.95. The monoisotopic (exact) mass is 522 g/mol. The molecule has 2 amide bonds. The van der Waals surface area contributed by atoms with E-state index in [0.717, 1.165) is 37.7 Å². The molecule has 0 unspecified atom stereocenters. The van der Waals surface area contributed by atoms with Gasteiger partial charge in [0.1, 0.15) is 0 Å². The summed E-state index contributed by atoms with van der Waals surface area (Å²) in [6.07, 6.45) is 0. The largest absolute Gasteiger partial charge is 0.273 e. The summed E-state index contributed by atoms with van der Waals surface area (Å²) in [5, 5.41) is 5.85. The van der Waals surface area contributed by atoms with Crippen molar-refractivity contribution in [3.05, 3.63) is 145 Å². The lowest BCUT2D eigenvalue weighted by Crippen LogP contribution is -2.37. The molecule has 6 heteroatoms. The Balaban J connectivity index is 1.41. The van der Waals surface area contributed by atoms with E-state index in [2.05, 4.69) is 6.07 Å². The minimum atomic E-state index is -0.306. The van der Waals surface area contributed by atoms with Gasteiger partial charge < -0.3 is 0 Å². The number of fused-ring (bicyclic) bond motifs is 2. The summed E-state index contributed by atoms with van der Waals surface area (Å²) >= 11 is 0. The van der Waals surface area contributed by atoms with E-state index < -0.39 is 0 Å². The Labute approximate surface area is 231 Å². The normalized spacial score (nSPS) is 10.9. The number of nitrogens with two attached hydrogens (primary N) is 2. The Morgan fingerprint density at radius 1 is 0.475 bits per heavy atom. The van der Waals surface area contributed by atoms with Crippen LogP contribution < -0.4 is 21.7 Å². The first-order valence-electron chi connectivity index (χ1n) is 12.9. The van der Waals surface area contributed by atoms with Crippen LogP contribution in [-0.4, -0.2) is 11.8 Å². The highest BCUT2D eigenvalue weighted by atomic mass is 16.2. The molecule has 40 heavy (non-hydrogen) atoms. The molecule has 6 nitrogen and oxygen atoms in total. The number of amides is 2. The molecule has 0 aliphatic heterocycles. The summed E-state index contributed by atoms with van der Waals surface area (Å²) in [5.74, 6) is 11.8. The van der Waals surface area contributed by atoms with Crippen LogP contribution >= 0.6 is 0 Å². The molecule has 0 fully saturated rings. The minimum absolute atomic E-state index is 0.296. The van der Waals surface area contributed by atoms with Gasteiger partial charge in [-0.05, 0) is 81.2 Å². The average molecular weight is 523 g/mol. The third-order valence-corrected chi connectivity index (χ3v) is 7.05. The fraction of sp³-hybridized carbons (Fsp3) is 0. The highest BCUT2D eigenvalue weighted by Crippen LogP contribution is 2.33. The van der Waals surface area contributed by atoms with Crippen LogP contribution in [0.5, 0.6) is 0 Å². The van der Waals surface area contributed by atoms with Crippen molar-refractivity contribution in [1.82, 2.24) is 0 Å². The molecule has 6 aromatic rings. The van der Waals surface area contributed by atoms with E-state index in [-0.39, 0.29) is 11.8 Å². The number of carbonyl (C=O) groups is 2. The Kier molecular flexibility index (Phi) is 6.54. The summed E-state index contributed by atoms with van der Waals surface area (Å²) in [5.41, 5.74) is 4.04. The van der Waals surface area contributed by atoms with E-state index in [9.17, 15) is 9.59 Å². The van der Waals surface area contributed by atoms with Crippen molar-refractivity contribution in [2.75, 3.05) is 10.0 Å². The van der Waals surface area contributed by atoms with E-state index in [4.69, 9.17) is 11.7 Å². The number of carbonyl (C=O) groups excluding carboxylic acids is 2. The van der Waals surface area contributed by atoms with Crippen molar-refractivity contribution >= 4 is 44.7 Å². The van der Waals surface area contributed by atoms with Crippen LogP contribution in [0.1, 0.15) is 20.7 Å². The third-order valence-electron chi connectivity index (χ3n) is 7.05. The first-order valence-corrected chi connectivity index (χ1v) is 12.9. The second-order valence-electron chi connectivity index (χ2n) is 9.51. The molecule has 6 aromatic carbocycles. The zero-order valence-electron chi connectivity index (χ0n) is 21.6. The lowest BCUT2D eigenvalue weighted by Gasteiger charge is -2.20. The van der Waals surface area contributed by atoms with Crippen LogP contribution in [0.4, 0.5) is 11.4 Å². The minimum Gasteiger partial charge on any atom is -0.267 e. The second kappa shape index (κ2) is 10.5. The summed E-state index contributed by atoms with van der Waals surface area (Å²) in [6, 6.07) is 41.5. The van der Waals surface area contributed by atoms with Crippen molar-refractivity contribution in [1.29, 1.82) is 0 Å². The summed E-state index contributed by atoms with van der Waals surface area (Å²) in [7, 11) is 0. The predicted molar refractivity (Wildman–Crippen MR) is 162 cm³/mol. The van der Waals surface area contributed by atoms with Gasteiger partial charge in [0.15, 0.2) is 0 Å². The van der Waals surface area contributed by atoms with Gasteiger partial charge >= 0.3 is 0 Å². The van der Waals surface area contributed by atoms with Gasteiger partial charge in [0.05, 0.1) is 16.9 Å². The van der Waals surface area contributed by atoms with Crippen molar-refractivity contribution in [3.8, 4) is 11.1 Å². The predicted octanol–water partition coefficient (Wildman–Crippen LogP) is 6.70. The van der Waals surface area contributed by atoms with Crippen LogP contribution in [0, 0.1) is 0 Å². The number of benzene rings is 6. The van der Waals surface area contributed by atoms with Gasteiger partial charge in [0.25, 0.3) is 11.8 Å². The van der Waals surface area contributed by atoms with Gasteiger partial charge in [-0.2, -0.15) is 0 Å². The number of nitrogens with zero attached hydrogens (tertiary/aromatic N) is 2. The Bertz CT molecular complexity index is 1850. The number of hydrogen-bond donors (Lipinski definition) is 2. The Hall–Kier alpha value is -5.30. The Morgan fingerprint density at radius 3 is 1.65 bits per heavy atom. The van der Waals surface area contributed by atoms with Crippen LogP contribution in [0.3, 0.4) is 0 Å². The van der Waals surface area contributed by atoms with E-state index in [1.807, 2.05) is 91.0 Å². The topological polar surface area (TPSA) is 92.7 Å². The second-order valence-corrected chi connectivity index (χ2v) is 9.51. The molecule has 0 aliphatic rings. The maximum atomic E-state index is 13.9. The molecule has 0 saturated heterocycles. The quantitative estimate of drug-likeness (QED) is 0.114. The maximum absolute atomic E-state index is 13.9. The van der Waals surface area contributed by atoms with Gasteiger partial charge in [-0.1, -0.05) is 84.9 Å². The number of hydrogen-bond acceptors (Lipinski definition) is 4. The average Bonchev–Trinajstić information content (AvgIpc) is 3.03. The van der Waals surface area contributed by atoms with Crippen LogP contribution in [0.2, 0.25) is 0 Å². The van der Waals surface area contributed by atoms with Crippen LogP contribution in [0.15, 0.2) is 133 Å². The van der Waals surface area contributed by atoms with E-state index in [1.54, 1.807) is 36.4 Å². The molecule has 194 valence electrons. The first kappa shape index (κ1) is 25.0. The zero-order valence-corrected chi connectivity index (χ0v) is 21.6. The van der Waals surface area contributed by atoms with E-state index in [1.165, 1.54) is 5.01 Å². The summed E-state index contributed by atoms with van der Waals surface area (Å²) < 4.78 is 0. The third kappa shape index (κ3) is 4.58. The molecule has 0 saturated carbocycles. The van der Waals surface area contributed by atoms with Crippen molar-refractivity contribution in [3.63, 3.8) is 0 Å². The Morgan fingerprint density at radius 2 is 1.00 bits per heavy atom. The van der Waals surface area contributed by atoms with Gasteiger partial charge in [0, 0.05) is 5.56 Å². The van der Waals surface area contributed by atoms with Gasteiger partial charge in [-0.3, -0.25) is 9.59 Å². The molecule has 4 N–H and O–H groups in total. The smallest absolute Gasteiger partial charge is 0.267 e. The highest BCUT2D eigenvalue weighted by molar-refractivity contribution is 6.22. The van der Waals surface area contributed by atoms with Crippen molar-refractivity contribution in [2.24, 2.45) is 11.7 Å². The summed E-state index contributed by atoms with van der Waals surface area (Å²) in [4.78, 5) is 26.8. The number of rotatable bonds is 5. The zero-order chi connectivity index (χ0) is 27.6. The summed E-state index contributed by atoms with van der Waals surface area (Å²) in [6.45, 7) is 0. The molecule has 0 spiro atoms. The van der Waals surface area contributed by atoms with E-state index >= 15 is 0 Å². The van der Waals surface area contributed by atoms with Crippen LogP contribution in [0.25, 0.3) is 32.7 Å². The lowest BCUT2D eigenvalue weighted by molar-refractivity contribution is 0.0980. The molecule has 0 radical (unpaired) electrons. The number of para-hydroxylation sites is 2. The van der Waals surface area contributed by atoms with Gasteiger partial charge in [-0.25, -0.2) is 21.7 Å². The standard InChI is InChI=1S/C34H26N4O2/c35-37(28-10-3-1-4-11-28)33(39)24-17-15-23(16-18-24)25-19-20-27-21-26-9-7-8-14-30(26)32(31(27)22-25)34(40)38(36)29-12-5-2-6-13-29/h1-22H,35-36H2. The van der Waals surface area contributed by atoms with Crippen LogP contribution in [-0.2, 0) is 0 Å². The van der Waals surface area contributed by atoms with E-state index in [0.29, 0.717) is 22.5 Å². The van der Waals surface area contributed by atoms with Crippen molar-refractivity contribution < 1.29 is 9.59 Å². The number of anilines is 2. The molecular formula is C34H26N4O2. The van der Waals surface area contributed by atoms with Crippen molar-refractivity contribution in [2.45, 2.75) is 0 Å². The molecule has 6 rings (SSSR count). The highest BCUT2D eigenvalue weighted by Gasteiger charge is 2.21. The molecular weight excluding hydrogens is 496 g/mol. The molecule has 0 bridgehead atoms. The molecule has 0 aliphatic carbocycles.